The Labute approximate surface area is 156 Å². The monoisotopic (exact) mass is 378 g/mol. The van der Waals surface area contributed by atoms with Crippen LogP contribution in [0.5, 0.6) is 11.5 Å². The van der Waals surface area contributed by atoms with Crippen molar-refractivity contribution in [3.05, 3.63) is 39.4 Å². The first kappa shape index (κ1) is 19.7. The van der Waals surface area contributed by atoms with E-state index in [0.29, 0.717) is 35.8 Å². The summed E-state index contributed by atoms with van der Waals surface area (Å²) in [7, 11) is 4.77. The van der Waals surface area contributed by atoms with E-state index in [9.17, 15) is 9.59 Å². The van der Waals surface area contributed by atoms with Gasteiger partial charge in [-0.1, -0.05) is 0 Å². The number of H-pyrrole nitrogens is 1. The largest absolute Gasteiger partial charge is 0.497 e. The van der Waals surface area contributed by atoms with Gasteiger partial charge in [0.15, 0.2) is 4.77 Å². The summed E-state index contributed by atoms with van der Waals surface area (Å²) >= 11 is 5.31. The molecule has 0 bridgehead atoms. The fraction of sp³-hybridized carbons (Fsp3) is 0.353. The van der Waals surface area contributed by atoms with Gasteiger partial charge in [0.25, 0.3) is 5.56 Å². The number of methoxy groups -OCH3 is 2. The molecule has 8 nitrogen and oxygen atoms in total. The Kier molecular flexibility index (Phi) is 6.53. The van der Waals surface area contributed by atoms with Crippen LogP contribution >= 0.6 is 12.2 Å². The van der Waals surface area contributed by atoms with Gasteiger partial charge in [0, 0.05) is 37.8 Å². The van der Waals surface area contributed by atoms with Gasteiger partial charge in [-0.15, -0.1) is 0 Å². The van der Waals surface area contributed by atoms with Crippen molar-refractivity contribution in [2.45, 2.75) is 6.54 Å². The van der Waals surface area contributed by atoms with Crippen molar-refractivity contribution >= 4 is 18.1 Å². The Morgan fingerprint density at radius 3 is 2.65 bits per heavy atom. The Morgan fingerprint density at radius 1 is 1.31 bits per heavy atom. The number of carbonyl (C=O) groups is 1. The summed E-state index contributed by atoms with van der Waals surface area (Å²) in [6, 6.07) is 6.75. The van der Waals surface area contributed by atoms with Crippen molar-refractivity contribution in [1.29, 1.82) is 0 Å². The molecule has 9 heteroatoms. The van der Waals surface area contributed by atoms with Gasteiger partial charge in [-0.05, 0) is 24.4 Å². The summed E-state index contributed by atoms with van der Waals surface area (Å²) in [6.45, 7) is 0.719. The molecule has 0 radical (unpaired) electrons. The second-order valence-corrected chi connectivity index (χ2v) is 5.95. The van der Waals surface area contributed by atoms with Crippen molar-refractivity contribution in [3.63, 3.8) is 0 Å². The van der Waals surface area contributed by atoms with Crippen LogP contribution in [0.1, 0.15) is 0 Å². The summed E-state index contributed by atoms with van der Waals surface area (Å²) in [6.07, 6.45) is 0. The lowest BCUT2D eigenvalue weighted by atomic mass is 10.1. The second kappa shape index (κ2) is 8.63. The van der Waals surface area contributed by atoms with E-state index < -0.39 is 0 Å². The van der Waals surface area contributed by atoms with Gasteiger partial charge >= 0.3 is 0 Å². The highest BCUT2D eigenvalue weighted by Crippen LogP contribution is 2.32. The molecule has 0 aliphatic heterocycles. The Hall–Kier alpha value is -2.65. The average molecular weight is 378 g/mol. The molecule has 1 aromatic heterocycles. The first-order valence-electron chi connectivity index (χ1n) is 7.91. The number of benzene rings is 1. The Morgan fingerprint density at radius 2 is 2.04 bits per heavy atom. The highest BCUT2D eigenvalue weighted by molar-refractivity contribution is 7.71. The van der Waals surface area contributed by atoms with Crippen molar-refractivity contribution in [1.82, 2.24) is 14.5 Å². The SMILES string of the molecule is COc1ccc(-c2cc(=O)[nH]c(=S)n2CCN(C)C(=O)CN)c(OC)c1. The number of aromatic amines is 1. The van der Waals surface area contributed by atoms with Gasteiger partial charge < -0.3 is 24.7 Å². The fourth-order valence-corrected chi connectivity index (χ4v) is 2.80. The van der Waals surface area contributed by atoms with E-state index in [0.717, 1.165) is 0 Å². The lowest BCUT2D eigenvalue weighted by Gasteiger charge is -2.20. The summed E-state index contributed by atoms with van der Waals surface area (Å²) in [5.41, 5.74) is 6.35. The highest BCUT2D eigenvalue weighted by Gasteiger charge is 2.14. The molecule has 3 N–H and O–H groups in total. The number of nitrogens with two attached hydrogens (primary N) is 1. The molecule has 26 heavy (non-hydrogen) atoms. The van der Waals surface area contributed by atoms with Gasteiger partial charge in [-0.3, -0.25) is 14.6 Å². The average Bonchev–Trinajstić information content (AvgIpc) is 2.65. The van der Waals surface area contributed by atoms with Crippen molar-refractivity contribution in [3.8, 4) is 22.8 Å². The third-order valence-corrected chi connectivity index (χ3v) is 4.30. The molecule has 0 saturated carbocycles. The van der Waals surface area contributed by atoms with Gasteiger partial charge in [0.1, 0.15) is 11.5 Å². The predicted molar refractivity (Wildman–Crippen MR) is 101 cm³/mol. The maximum Gasteiger partial charge on any atom is 0.252 e. The third-order valence-electron chi connectivity index (χ3n) is 3.98. The summed E-state index contributed by atoms with van der Waals surface area (Å²) in [5, 5.41) is 0. The lowest BCUT2D eigenvalue weighted by molar-refractivity contribution is -0.128. The van der Waals surface area contributed by atoms with E-state index in [1.165, 1.54) is 18.1 Å². The normalized spacial score (nSPS) is 10.5. The molecule has 1 heterocycles. The first-order valence-corrected chi connectivity index (χ1v) is 8.32. The molecule has 140 valence electrons. The van der Waals surface area contributed by atoms with Crippen LogP contribution in [0.2, 0.25) is 0 Å². The van der Waals surface area contributed by atoms with E-state index >= 15 is 0 Å². The number of ether oxygens (including phenoxy) is 2. The topological polar surface area (TPSA) is 103 Å². The lowest BCUT2D eigenvalue weighted by Crippen LogP contribution is -2.35. The number of amides is 1. The predicted octanol–water partition coefficient (Wildman–Crippen LogP) is 1.01. The van der Waals surface area contributed by atoms with Crippen LogP contribution in [0.4, 0.5) is 0 Å². The molecule has 0 saturated heterocycles. The molecule has 0 atom stereocenters. The van der Waals surface area contributed by atoms with Crippen molar-refractivity contribution < 1.29 is 14.3 Å². The molecule has 1 amide bonds. The fourth-order valence-electron chi connectivity index (χ4n) is 2.51. The van der Waals surface area contributed by atoms with Gasteiger partial charge in [0.2, 0.25) is 5.91 Å². The molecular formula is C17H22N4O4S. The third kappa shape index (κ3) is 4.30. The van der Waals surface area contributed by atoms with Crippen LogP contribution in [0.25, 0.3) is 11.3 Å². The maximum absolute atomic E-state index is 12.0. The summed E-state index contributed by atoms with van der Waals surface area (Å²) in [5.74, 6) is 1.00. The van der Waals surface area contributed by atoms with E-state index in [2.05, 4.69) is 4.98 Å². The van der Waals surface area contributed by atoms with E-state index in [1.54, 1.807) is 36.9 Å². The van der Waals surface area contributed by atoms with Crippen LogP contribution < -0.4 is 20.8 Å². The molecule has 0 fully saturated rings. The highest BCUT2D eigenvalue weighted by atomic mass is 32.1. The van der Waals surface area contributed by atoms with Crippen LogP contribution in [0, 0.1) is 4.77 Å². The number of hydrogen-bond donors (Lipinski definition) is 2. The second-order valence-electron chi connectivity index (χ2n) is 5.56. The number of carbonyl (C=O) groups excluding carboxylic acids is 1. The minimum absolute atomic E-state index is 0.0628. The van der Waals surface area contributed by atoms with Gasteiger partial charge in [-0.25, -0.2) is 0 Å². The Bertz CT molecular complexity index is 906. The zero-order valence-electron chi connectivity index (χ0n) is 14.9. The molecule has 2 aromatic rings. The zero-order chi connectivity index (χ0) is 19.3. The molecule has 2 rings (SSSR count). The molecule has 0 spiro atoms. The van der Waals surface area contributed by atoms with E-state index in [4.69, 9.17) is 27.4 Å². The number of aromatic nitrogens is 2. The van der Waals surface area contributed by atoms with Crippen LogP contribution in [0.3, 0.4) is 0 Å². The van der Waals surface area contributed by atoms with Crippen molar-refractivity contribution in [2.24, 2.45) is 5.73 Å². The number of nitrogens with one attached hydrogen (secondary N) is 1. The standard InChI is InChI=1S/C17H22N4O4S/c1-20(16(23)10-18)6-7-21-13(9-15(22)19-17(21)26)12-5-4-11(24-2)8-14(12)25-3/h4-5,8-9H,6-7,10,18H2,1-3H3,(H,19,22,26). The maximum atomic E-state index is 12.0. The van der Waals surface area contributed by atoms with Crippen LogP contribution in [-0.4, -0.2) is 54.7 Å². The van der Waals surface area contributed by atoms with Gasteiger partial charge in [0.05, 0.1) is 26.5 Å². The quantitative estimate of drug-likeness (QED) is 0.697. The smallest absolute Gasteiger partial charge is 0.252 e. The minimum Gasteiger partial charge on any atom is -0.497 e. The number of hydrogen-bond acceptors (Lipinski definition) is 6. The molecule has 1 aromatic carbocycles. The summed E-state index contributed by atoms with van der Waals surface area (Å²) in [4.78, 5) is 27.8. The molecule has 0 aliphatic carbocycles. The van der Waals surface area contributed by atoms with Crippen LogP contribution in [0.15, 0.2) is 29.1 Å². The van der Waals surface area contributed by atoms with Crippen LogP contribution in [-0.2, 0) is 11.3 Å². The minimum atomic E-state index is -0.314. The molecule has 0 aliphatic rings. The van der Waals surface area contributed by atoms with Gasteiger partial charge in [-0.2, -0.15) is 0 Å². The molecule has 0 unspecified atom stereocenters. The number of nitrogens with zero attached hydrogens (tertiary/aromatic N) is 2. The summed E-state index contributed by atoms with van der Waals surface area (Å²) < 4.78 is 12.7. The van der Waals surface area contributed by atoms with E-state index in [1.807, 2.05) is 0 Å². The van der Waals surface area contributed by atoms with E-state index in [-0.39, 0.29) is 22.8 Å². The zero-order valence-corrected chi connectivity index (χ0v) is 15.8. The first-order chi connectivity index (χ1) is 12.4. The van der Waals surface area contributed by atoms with Crippen molar-refractivity contribution in [2.75, 3.05) is 34.4 Å². The Balaban J connectivity index is 2.51. The number of rotatable bonds is 7. The molecular weight excluding hydrogens is 356 g/mol. The number of likely N-dealkylation sites (N-methyl/N-ethyl adjacent to an activating group) is 1.